The molecule has 2 amide bonds. The van der Waals surface area contributed by atoms with Crippen LogP contribution < -0.4 is 21.3 Å². The number of carbonyl (C=O) groups excluding carboxylic acids is 1. The van der Waals surface area contributed by atoms with Crippen molar-refractivity contribution >= 4 is 51.4 Å². The second-order valence-corrected chi connectivity index (χ2v) is 9.27. The van der Waals surface area contributed by atoms with E-state index >= 15 is 0 Å². The summed E-state index contributed by atoms with van der Waals surface area (Å²) < 4.78 is 20.1. The van der Waals surface area contributed by atoms with Gasteiger partial charge in [0.05, 0.1) is 29.5 Å². The van der Waals surface area contributed by atoms with Gasteiger partial charge in [-0.15, -0.1) is 0 Å². The van der Waals surface area contributed by atoms with Crippen LogP contribution in [0.15, 0.2) is 54.7 Å². The summed E-state index contributed by atoms with van der Waals surface area (Å²) >= 11 is 7.42. The van der Waals surface area contributed by atoms with Crippen molar-refractivity contribution in [3.05, 3.63) is 65.6 Å². The fraction of sp³-hybridized carbons (Fsp3) is 0.167. The summed E-state index contributed by atoms with van der Waals surface area (Å²) in [6.07, 6.45) is 1.56. The van der Waals surface area contributed by atoms with Gasteiger partial charge in [0.15, 0.2) is 5.13 Å². The van der Waals surface area contributed by atoms with Gasteiger partial charge >= 0.3 is 6.03 Å². The number of urea groups is 1. The van der Waals surface area contributed by atoms with Crippen LogP contribution in [0.4, 0.5) is 31.6 Å². The molecular weight excluding hydrogens is 505 g/mol. The van der Waals surface area contributed by atoms with E-state index in [0.717, 1.165) is 10.0 Å². The van der Waals surface area contributed by atoms with E-state index in [1.54, 1.807) is 48.7 Å². The zero-order valence-electron chi connectivity index (χ0n) is 18.9. The molecule has 2 aromatic heterocycles. The van der Waals surface area contributed by atoms with Crippen molar-refractivity contribution in [2.24, 2.45) is 0 Å². The van der Waals surface area contributed by atoms with Crippen molar-refractivity contribution in [3.63, 3.8) is 0 Å². The van der Waals surface area contributed by atoms with Crippen molar-refractivity contribution in [1.29, 1.82) is 0 Å². The summed E-state index contributed by atoms with van der Waals surface area (Å²) in [6.45, 7) is 2.63. The van der Waals surface area contributed by atoms with Gasteiger partial charge in [0.1, 0.15) is 11.5 Å². The fourth-order valence-electron chi connectivity index (χ4n) is 3.69. The smallest absolute Gasteiger partial charge is 0.323 e. The van der Waals surface area contributed by atoms with Gasteiger partial charge in [0.25, 0.3) is 0 Å². The maximum Gasteiger partial charge on any atom is 0.323 e. The lowest BCUT2D eigenvalue weighted by atomic mass is 10.1. The summed E-state index contributed by atoms with van der Waals surface area (Å²) in [5, 5.41) is 6.48. The van der Waals surface area contributed by atoms with Crippen LogP contribution in [0.5, 0.6) is 0 Å². The number of hydrogen-bond acceptors (Lipinski definition) is 8. The Morgan fingerprint density at radius 3 is 2.72 bits per heavy atom. The Labute approximate surface area is 215 Å². The lowest BCUT2D eigenvalue weighted by Crippen LogP contribution is -2.36. The van der Waals surface area contributed by atoms with E-state index in [0.29, 0.717) is 54.0 Å². The third-order valence-corrected chi connectivity index (χ3v) is 6.77. The molecule has 3 heterocycles. The number of anilines is 4. The van der Waals surface area contributed by atoms with Crippen molar-refractivity contribution < 1.29 is 13.9 Å². The standard InChI is InChI=1S/C24H21ClFN7O2S/c25-15-2-1-3-16(13-15)29-23(34)31-19-12-14(4-5-17(19)26)21-20(18-6-7-28-22(27)30-18)32-24(36-21)33-8-10-35-11-9-33/h1-7,12-13H,8-11H2,(H2,27,28,30)(H2,29,31,34). The van der Waals surface area contributed by atoms with E-state index in [2.05, 4.69) is 25.5 Å². The number of nitrogens with two attached hydrogens (primary N) is 1. The van der Waals surface area contributed by atoms with Gasteiger partial charge in [-0.2, -0.15) is 0 Å². The average Bonchev–Trinajstić information content (AvgIpc) is 3.32. The molecule has 9 nitrogen and oxygen atoms in total. The molecule has 4 aromatic rings. The fourth-order valence-corrected chi connectivity index (χ4v) is 5.00. The molecule has 12 heteroatoms. The van der Waals surface area contributed by atoms with E-state index in [1.807, 2.05) is 0 Å². The number of carbonyl (C=O) groups is 1. The van der Waals surface area contributed by atoms with E-state index in [9.17, 15) is 9.18 Å². The molecule has 184 valence electrons. The summed E-state index contributed by atoms with van der Waals surface area (Å²) in [4.78, 5) is 28.6. The van der Waals surface area contributed by atoms with E-state index in [1.165, 1.54) is 17.4 Å². The van der Waals surface area contributed by atoms with Gasteiger partial charge < -0.3 is 26.0 Å². The monoisotopic (exact) mass is 525 g/mol. The predicted octanol–water partition coefficient (Wildman–Crippen LogP) is 5.12. The molecule has 5 rings (SSSR count). The Kier molecular flexibility index (Phi) is 6.94. The van der Waals surface area contributed by atoms with Crippen LogP contribution >= 0.6 is 22.9 Å². The van der Waals surface area contributed by atoms with Gasteiger partial charge in [0.2, 0.25) is 5.95 Å². The van der Waals surface area contributed by atoms with Gasteiger partial charge in [-0.1, -0.05) is 35.1 Å². The summed E-state index contributed by atoms with van der Waals surface area (Å²) in [6, 6.07) is 12.3. The van der Waals surface area contributed by atoms with Crippen molar-refractivity contribution in [2.45, 2.75) is 0 Å². The van der Waals surface area contributed by atoms with Crippen LogP contribution in [0.3, 0.4) is 0 Å². The molecule has 0 bridgehead atoms. The van der Waals surface area contributed by atoms with Crippen LogP contribution in [-0.4, -0.2) is 47.3 Å². The van der Waals surface area contributed by atoms with Crippen molar-refractivity contribution in [3.8, 4) is 21.8 Å². The first-order chi connectivity index (χ1) is 17.5. The number of morpholine rings is 1. The second kappa shape index (κ2) is 10.4. The number of nitrogens with one attached hydrogen (secondary N) is 2. The number of rotatable bonds is 5. The summed E-state index contributed by atoms with van der Waals surface area (Å²) in [5.74, 6) is -0.454. The van der Waals surface area contributed by atoms with Crippen LogP contribution in [0.2, 0.25) is 5.02 Å². The molecule has 0 unspecified atom stereocenters. The number of halogens is 2. The molecule has 2 aromatic carbocycles. The first-order valence-electron chi connectivity index (χ1n) is 11.0. The highest BCUT2D eigenvalue weighted by atomic mass is 35.5. The lowest BCUT2D eigenvalue weighted by Gasteiger charge is -2.26. The van der Waals surface area contributed by atoms with Gasteiger partial charge in [0, 0.05) is 30.0 Å². The normalized spacial score (nSPS) is 13.4. The van der Waals surface area contributed by atoms with Crippen molar-refractivity contribution in [2.75, 3.05) is 47.6 Å². The molecule has 0 saturated carbocycles. The first-order valence-corrected chi connectivity index (χ1v) is 12.2. The first kappa shape index (κ1) is 23.9. The Balaban J connectivity index is 1.48. The molecule has 36 heavy (non-hydrogen) atoms. The number of benzene rings is 2. The predicted molar refractivity (Wildman–Crippen MR) is 140 cm³/mol. The zero-order chi connectivity index (χ0) is 25.1. The number of thiazole rings is 1. The topological polar surface area (TPSA) is 118 Å². The molecule has 1 saturated heterocycles. The van der Waals surface area contributed by atoms with Crippen LogP contribution in [0, 0.1) is 5.82 Å². The third-order valence-electron chi connectivity index (χ3n) is 5.37. The summed E-state index contributed by atoms with van der Waals surface area (Å²) in [7, 11) is 0. The largest absolute Gasteiger partial charge is 0.378 e. The number of aromatic nitrogens is 3. The zero-order valence-corrected chi connectivity index (χ0v) is 20.4. The molecule has 0 aliphatic carbocycles. The van der Waals surface area contributed by atoms with Crippen LogP contribution in [0.25, 0.3) is 21.8 Å². The molecule has 0 spiro atoms. The van der Waals surface area contributed by atoms with E-state index < -0.39 is 11.8 Å². The van der Waals surface area contributed by atoms with Crippen LogP contribution in [0.1, 0.15) is 0 Å². The number of nitrogens with zero attached hydrogens (tertiary/aromatic N) is 4. The van der Waals surface area contributed by atoms with E-state index in [4.69, 9.17) is 27.1 Å². The maximum absolute atomic E-state index is 14.7. The van der Waals surface area contributed by atoms with Crippen LogP contribution in [-0.2, 0) is 4.74 Å². The Morgan fingerprint density at radius 2 is 1.94 bits per heavy atom. The Hall–Kier alpha value is -3.80. The number of ether oxygens (including phenoxy) is 1. The third kappa shape index (κ3) is 5.38. The molecule has 0 atom stereocenters. The molecule has 1 aliphatic rings. The minimum Gasteiger partial charge on any atom is -0.378 e. The summed E-state index contributed by atoms with van der Waals surface area (Å²) in [5.41, 5.74) is 8.13. The SMILES string of the molecule is Nc1nccc(-c2nc(N3CCOCC3)sc2-c2ccc(F)c(NC(=O)Nc3cccc(Cl)c3)c2)n1. The highest BCUT2D eigenvalue weighted by Crippen LogP contribution is 2.41. The number of nitrogen functional groups attached to an aromatic ring is 1. The lowest BCUT2D eigenvalue weighted by molar-refractivity contribution is 0.122. The molecule has 4 N–H and O–H groups in total. The minimum atomic E-state index is -0.601. The highest BCUT2D eigenvalue weighted by Gasteiger charge is 2.22. The van der Waals surface area contributed by atoms with Gasteiger partial charge in [-0.3, -0.25) is 0 Å². The quantitative estimate of drug-likeness (QED) is 0.331. The van der Waals surface area contributed by atoms with Gasteiger partial charge in [-0.25, -0.2) is 24.1 Å². The van der Waals surface area contributed by atoms with E-state index in [-0.39, 0.29) is 11.6 Å². The molecule has 1 fully saturated rings. The van der Waals surface area contributed by atoms with Crippen molar-refractivity contribution in [1.82, 2.24) is 15.0 Å². The average molecular weight is 526 g/mol. The highest BCUT2D eigenvalue weighted by molar-refractivity contribution is 7.19. The molecule has 0 radical (unpaired) electrons. The number of amides is 2. The molecule has 1 aliphatic heterocycles. The second-order valence-electron chi connectivity index (χ2n) is 7.86. The minimum absolute atomic E-state index is 0.0153. The van der Waals surface area contributed by atoms with Gasteiger partial charge in [-0.05, 0) is 42.0 Å². The maximum atomic E-state index is 14.7. The number of hydrogen-bond donors (Lipinski definition) is 3. The Morgan fingerprint density at radius 1 is 1.11 bits per heavy atom. The molecular formula is C24H21ClFN7O2S. The Bertz CT molecular complexity index is 1410.